The Morgan fingerprint density at radius 2 is 1.73 bits per heavy atom. The molecule has 1 saturated heterocycles. The van der Waals surface area contributed by atoms with E-state index in [1.54, 1.807) is 53.4 Å². The van der Waals surface area contributed by atoms with E-state index in [2.05, 4.69) is 0 Å². The number of hydrogen-bond donors (Lipinski definition) is 0. The van der Waals surface area contributed by atoms with Crippen molar-refractivity contribution in [3.8, 4) is 5.75 Å². The number of benzene rings is 2. The Labute approximate surface area is 156 Å². The SMILES string of the molecule is O=C(C=Cc1ccccc1OC(=O)N1CCOCC1)c1ccc(Cl)cc1. The third-order valence-electron chi connectivity index (χ3n) is 3.93. The van der Waals surface area contributed by atoms with Gasteiger partial charge in [0, 0.05) is 29.2 Å². The van der Waals surface area contributed by atoms with Crippen molar-refractivity contribution >= 4 is 29.6 Å². The standard InChI is InChI=1S/C20H18ClNO4/c21-17-8-5-15(6-9-17)18(23)10-7-16-3-1-2-4-19(16)26-20(24)22-11-13-25-14-12-22/h1-10H,11-14H2. The van der Waals surface area contributed by atoms with Crippen LogP contribution in [0.5, 0.6) is 5.75 Å². The van der Waals surface area contributed by atoms with Gasteiger partial charge in [-0.1, -0.05) is 29.8 Å². The van der Waals surface area contributed by atoms with Crippen molar-refractivity contribution in [2.45, 2.75) is 0 Å². The number of amides is 1. The highest BCUT2D eigenvalue weighted by Crippen LogP contribution is 2.21. The maximum atomic E-state index is 12.3. The van der Waals surface area contributed by atoms with Crippen molar-refractivity contribution in [1.82, 2.24) is 4.90 Å². The van der Waals surface area contributed by atoms with Gasteiger partial charge in [0.25, 0.3) is 0 Å². The normalized spacial score (nSPS) is 14.4. The third-order valence-corrected chi connectivity index (χ3v) is 4.18. The Hall–Kier alpha value is -2.63. The molecule has 1 aliphatic heterocycles. The highest BCUT2D eigenvalue weighted by molar-refractivity contribution is 6.30. The first-order chi connectivity index (χ1) is 12.6. The minimum atomic E-state index is -0.418. The summed E-state index contributed by atoms with van der Waals surface area (Å²) in [6.45, 7) is 2.02. The average Bonchev–Trinajstić information content (AvgIpc) is 2.68. The van der Waals surface area contributed by atoms with Gasteiger partial charge >= 0.3 is 6.09 Å². The molecule has 0 spiro atoms. The van der Waals surface area contributed by atoms with Crippen molar-refractivity contribution in [2.24, 2.45) is 0 Å². The first-order valence-corrected chi connectivity index (χ1v) is 8.63. The molecule has 1 amide bonds. The monoisotopic (exact) mass is 371 g/mol. The average molecular weight is 372 g/mol. The molecule has 0 unspecified atom stereocenters. The van der Waals surface area contributed by atoms with Crippen molar-refractivity contribution < 1.29 is 19.1 Å². The van der Waals surface area contributed by atoms with Gasteiger partial charge in [-0.25, -0.2) is 4.79 Å². The number of rotatable bonds is 4. The first kappa shape index (κ1) is 18.2. The molecule has 1 fully saturated rings. The van der Waals surface area contributed by atoms with E-state index in [-0.39, 0.29) is 5.78 Å². The fourth-order valence-electron chi connectivity index (χ4n) is 2.49. The van der Waals surface area contributed by atoms with E-state index in [0.29, 0.717) is 48.2 Å². The Balaban J connectivity index is 1.71. The van der Waals surface area contributed by atoms with Crippen LogP contribution in [0, 0.1) is 0 Å². The smallest absolute Gasteiger partial charge is 0.410 e. The molecule has 0 aliphatic carbocycles. The maximum Gasteiger partial charge on any atom is 0.415 e. The molecule has 3 rings (SSSR count). The van der Waals surface area contributed by atoms with E-state index < -0.39 is 6.09 Å². The Bertz CT molecular complexity index is 811. The number of hydrogen-bond acceptors (Lipinski definition) is 4. The topological polar surface area (TPSA) is 55.8 Å². The van der Waals surface area contributed by atoms with Gasteiger partial charge in [-0.05, 0) is 42.5 Å². The van der Waals surface area contributed by atoms with E-state index >= 15 is 0 Å². The highest BCUT2D eigenvalue weighted by atomic mass is 35.5. The molecule has 0 bridgehead atoms. The van der Waals surface area contributed by atoms with E-state index in [9.17, 15) is 9.59 Å². The number of carbonyl (C=O) groups excluding carboxylic acids is 2. The molecule has 2 aromatic rings. The number of ether oxygens (including phenoxy) is 2. The number of allylic oxidation sites excluding steroid dienone is 1. The lowest BCUT2D eigenvalue weighted by atomic mass is 10.1. The van der Waals surface area contributed by atoms with Crippen LogP contribution in [0.2, 0.25) is 5.02 Å². The van der Waals surface area contributed by atoms with Crippen LogP contribution in [-0.4, -0.2) is 43.1 Å². The summed E-state index contributed by atoms with van der Waals surface area (Å²) in [5, 5.41) is 0.575. The van der Waals surface area contributed by atoms with E-state index in [4.69, 9.17) is 21.1 Å². The van der Waals surface area contributed by atoms with Gasteiger partial charge in [0.1, 0.15) is 5.75 Å². The minimum Gasteiger partial charge on any atom is -0.410 e. The van der Waals surface area contributed by atoms with Gasteiger partial charge in [-0.15, -0.1) is 0 Å². The number of morpholine rings is 1. The van der Waals surface area contributed by atoms with Crippen LogP contribution in [-0.2, 0) is 4.74 Å². The lowest BCUT2D eigenvalue weighted by Crippen LogP contribution is -2.42. The fraction of sp³-hybridized carbons (Fsp3) is 0.200. The quantitative estimate of drug-likeness (QED) is 0.600. The predicted octanol–water partition coefficient (Wildman–Crippen LogP) is 4.07. The summed E-state index contributed by atoms with van der Waals surface area (Å²) in [5.41, 5.74) is 1.19. The van der Waals surface area contributed by atoms with Crippen molar-refractivity contribution in [2.75, 3.05) is 26.3 Å². The zero-order chi connectivity index (χ0) is 18.4. The molecular formula is C20H18ClNO4. The zero-order valence-corrected chi connectivity index (χ0v) is 14.8. The summed E-state index contributed by atoms with van der Waals surface area (Å²) in [4.78, 5) is 26.1. The van der Waals surface area contributed by atoms with Gasteiger partial charge in [-0.2, -0.15) is 0 Å². The molecule has 0 atom stereocenters. The Morgan fingerprint density at radius 3 is 2.46 bits per heavy atom. The molecule has 0 saturated carbocycles. The molecule has 134 valence electrons. The van der Waals surface area contributed by atoms with Gasteiger partial charge in [-0.3, -0.25) is 4.79 Å². The molecule has 0 N–H and O–H groups in total. The molecule has 6 heteroatoms. The molecule has 5 nitrogen and oxygen atoms in total. The van der Waals surface area contributed by atoms with Gasteiger partial charge < -0.3 is 14.4 Å². The second-order valence-electron chi connectivity index (χ2n) is 5.71. The van der Waals surface area contributed by atoms with Crippen LogP contribution in [0.25, 0.3) is 6.08 Å². The van der Waals surface area contributed by atoms with Crippen LogP contribution in [0.3, 0.4) is 0 Å². The van der Waals surface area contributed by atoms with Crippen molar-refractivity contribution in [3.63, 3.8) is 0 Å². The second kappa shape index (κ2) is 8.65. The molecule has 0 aromatic heterocycles. The van der Waals surface area contributed by atoms with Crippen molar-refractivity contribution in [3.05, 3.63) is 70.8 Å². The van der Waals surface area contributed by atoms with E-state index in [0.717, 1.165) is 0 Å². The fourth-order valence-corrected chi connectivity index (χ4v) is 2.62. The molecular weight excluding hydrogens is 354 g/mol. The third kappa shape index (κ3) is 4.71. The summed E-state index contributed by atoms with van der Waals surface area (Å²) < 4.78 is 10.7. The molecule has 1 heterocycles. The van der Waals surface area contributed by atoms with Crippen LogP contribution >= 0.6 is 11.6 Å². The Kier molecular flexibility index (Phi) is 6.04. The first-order valence-electron chi connectivity index (χ1n) is 8.25. The number of ketones is 1. The lowest BCUT2D eigenvalue weighted by molar-refractivity contribution is 0.0416. The second-order valence-corrected chi connectivity index (χ2v) is 6.15. The molecule has 1 aliphatic rings. The summed E-state index contributed by atoms with van der Waals surface area (Å²) in [6, 6.07) is 13.7. The lowest BCUT2D eigenvalue weighted by Gasteiger charge is -2.26. The molecule has 0 radical (unpaired) electrons. The van der Waals surface area contributed by atoms with Crippen LogP contribution < -0.4 is 4.74 Å². The van der Waals surface area contributed by atoms with Crippen molar-refractivity contribution in [1.29, 1.82) is 0 Å². The summed E-state index contributed by atoms with van der Waals surface area (Å²) in [7, 11) is 0. The number of halogens is 1. The summed E-state index contributed by atoms with van der Waals surface area (Å²) >= 11 is 5.83. The van der Waals surface area contributed by atoms with Gasteiger partial charge in [0.2, 0.25) is 0 Å². The number of nitrogens with zero attached hydrogens (tertiary/aromatic N) is 1. The highest BCUT2D eigenvalue weighted by Gasteiger charge is 2.19. The van der Waals surface area contributed by atoms with Gasteiger partial charge in [0.05, 0.1) is 13.2 Å². The summed E-state index contributed by atoms with van der Waals surface area (Å²) in [5.74, 6) is 0.250. The van der Waals surface area contributed by atoms with Gasteiger partial charge in [0.15, 0.2) is 5.78 Å². The molecule has 26 heavy (non-hydrogen) atoms. The number of carbonyl (C=O) groups is 2. The minimum absolute atomic E-state index is 0.157. The largest absolute Gasteiger partial charge is 0.415 e. The Morgan fingerprint density at radius 1 is 1.04 bits per heavy atom. The van der Waals surface area contributed by atoms with E-state index in [1.807, 2.05) is 6.07 Å². The summed E-state index contributed by atoms with van der Waals surface area (Å²) in [6.07, 6.45) is 2.67. The molecule has 2 aromatic carbocycles. The maximum absolute atomic E-state index is 12.3. The predicted molar refractivity (Wildman–Crippen MR) is 99.7 cm³/mol. The van der Waals surface area contributed by atoms with E-state index in [1.165, 1.54) is 6.08 Å². The van der Waals surface area contributed by atoms with Crippen LogP contribution in [0.4, 0.5) is 4.79 Å². The van der Waals surface area contributed by atoms with Crippen LogP contribution in [0.15, 0.2) is 54.6 Å². The zero-order valence-electron chi connectivity index (χ0n) is 14.1. The number of para-hydroxylation sites is 1. The van der Waals surface area contributed by atoms with Crippen LogP contribution in [0.1, 0.15) is 15.9 Å².